The van der Waals surface area contributed by atoms with Gasteiger partial charge in [0.2, 0.25) is 5.91 Å². The molecule has 2 fully saturated rings. The third-order valence-electron chi connectivity index (χ3n) is 2.98. The summed E-state index contributed by atoms with van der Waals surface area (Å²) < 4.78 is 10.7. The second-order valence-electron chi connectivity index (χ2n) is 5.74. The fourth-order valence-electron chi connectivity index (χ4n) is 2.19. The monoisotopic (exact) mass is 256 g/mol. The second kappa shape index (κ2) is 4.76. The van der Waals surface area contributed by atoms with E-state index in [0.29, 0.717) is 13.1 Å². The van der Waals surface area contributed by atoms with E-state index in [0.717, 1.165) is 6.42 Å². The van der Waals surface area contributed by atoms with Crippen molar-refractivity contribution in [2.75, 3.05) is 19.7 Å². The minimum atomic E-state index is -0.500. The number of nitrogens with zero attached hydrogens (tertiary/aromatic N) is 1. The van der Waals surface area contributed by atoms with E-state index in [1.807, 2.05) is 20.8 Å². The first-order valence-electron chi connectivity index (χ1n) is 6.24. The van der Waals surface area contributed by atoms with Crippen LogP contribution in [0.5, 0.6) is 0 Å². The zero-order valence-electron chi connectivity index (χ0n) is 11.1. The van der Waals surface area contributed by atoms with Crippen molar-refractivity contribution in [1.82, 2.24) is 10.2 Å². The van der Waals surface area contributed by atoms with Gasteiger partial charge in [0.15, 0.2) is 0 Å². The van der Waals surface area contributed by atoms with Gasteiger partial charge in [-0.1, -0.05) is 0 Å². The van der Waals surface area contributed by atoms with Crippen LogP contribution in [0.15, 0.2) is 0 Å². The molecule has 2 heterocycles. The Balaban J connectivity index is 1.93. The average Bonchev–Trinajstić information content (AvgIpc) is 2.25. The van der Waals surface area contributed by atoms with Crippen molar-refractivity contribution >= 4 is 12.0 Å². The smallest absolute Gasteiger partial charge is 0.410 e. The van der Waals surface area contributed by atoms with E-state index >= 15 is 0 Å². The lowest BCUT2D eigenvalue weighted by Crippen LogP contribution is -2.61. The molecule has 6 heteroatoms. The van der Waals surface area contributed by atoms with Crippen molar-refractivity contribution in [2.45, 2.75) is 44.9 Å². The molecule has 0 aromatic heterocycles. The van der Waals surface area contributed by atoms with E-state index in [-0.39, 0.29) is 30.8 Å². The van der Waals surface area contributed by atoms with Gasteiger partial charge in [-0.3, -0.25) is 4.79 Å². The highest BCUT2D eigenvalue weighted by Gasteiger charge is 2.37. The molecule has 1 N–H and O–H groups in total. The molecule has 0 aliphatic carbocycles. The summed E-state index contributed by atoms with van der Waals surface area (Å²) >= 11 is 0. The molecular formula is C12H20N2O4. The summed E-state index contributed by atoms with van der Waals surface area (Å²) in [6.07, 6.45) is 0.409. The number of ether oxygens (including phenoxy) is 2. The number of piperidine rings is 1. The van der Waals surface area contributed by atoms with Crippen LogP contribution in [0.1, 0.15) is 27.2 Å². The highest BCUT2D eigenvalue weighted by Crippen LogP contribution is 2.19. The average molecular weight is 256 g/mol. The van der Waals surface area contributed by atoms with Crippen LogP contribution < -0.4 is 5.32 Å². The minimum absolute atomic E-state index is 0.0152. The zero-order chi connectivity index (χ0) is 13.3. The van der Waals surface area contributed by atoms with E-state index in [2.05, 4.69) is 5.32 Å². The normalized spacial score (nSPS) is 28.4. The molecule has 0 spiro atoms. The molecule has 2 aliphatic heterocycles. The van der Waals surface area contributed by atoms with Crippen LogP contribution in [0.25, 0.3) is 0 Å². The van der Waals surface area contributed by atoms with Crippen LogP contribution in [-0.2, 0) is 14.3 Å². The van der Waals surface area contributed by atoms with Crippen molar-refractivity contribution in [3.63, 3.8) is 0 Å². The maximum atomic E-state index is 11.9. The van der Waals surface area contributed by atoms with Crippen molar-refractivity contribution < 1.29 is 19.1 Å². The lowest BCUT2D eigenvalue weighted by atomic mass is 10.0. The Morgan fingerprint density at radius 2 is 2.22 bits per heavy atom. The van der Waals surface area contributed by atoms with Crippen LogP contribution in [0.3, 0.4) is 0 Å². The molecule has 2 atom stereocenters. The van der Waals surface area contributed by atoms with Crippen molar-refractivity contribution in [2.24, 2.45) is 0 Å². The Hall–Kier alpha value is -1.30. The third kappa shape index (κ3) is 3.13. The second-order valence-corrected chi connectivity index (χ2v) is 5.74. The van der Waals surface area contributed by atoms with E-state index in [1.165, 1.54) is 0 Å². The molecule has 2 amide bonds. The largest absolute Gasteiger partial charge is 0.444 e. The highest BCUT2D eigenvalue weighted by atomic mass is 16.6. The quantitative estimate of drug-likeness (QED) is 0.685. The Bertz CT molecular complexity index is 350. The van der Waals surface area contributed by atoms with E-state index in [4.69, 9.17) is 9.47 Å². The maximum Gasteiger partial charge on any atom is 0.410 e. The van der Waals surface area contributed by atoms with Gasteiger partial charge < -0.3 is 19.7 Å². The van der Waals surface area contributed by atoms with Gasteiger partial charge in [0, 0.05) is 13.1 Å². The summed E-state index contributed by atoms with van der Waals surface area (Å²) in [6.45, 7) is 6.68. The van der Waals surface area contributed by atoms with Gasteiger partial charge in [-0.15, -0.1) is 0 Å². The fourth-order valence-corrected chi connectivity index (χ4v) is 2.19. The Labute approximate surface area is 107 Å². The van der Waals surface area contributed by atoms with Crippen molar-refractivity contribution in [3.8, 4) is 0 Å². The fraction of sp³-hybridized carbons (Fsp3) is 0.833. The lowest BCUT2D eigenvalue weighted by molar-refractivity contribution is -0.140. The van der Waals surface area contributed by atoms with E-state index in [1.54, 1.807) is 4.90 Å². The molecule has 0 aromatic rings. The molecule has 18 heavy (non-hydrogen) atoms. The number of morpholine rings is 1. The van der Waals surface area contributed by atoms with E-state index in [9.17, 15) is 9.59 Å². The summed E-state index contributed by atoms with van der Waals surface area (Å²) in [6, 6.07) is -0.118. The van der Waals surface area contributed by atoms with Gasteiger partial charge in [-0.2, -0.15) is 0 Å². The number of amides is 2. The zero-order valence-corrected chi connectivity index (χ0v) is 11.1. The minimum Gasteiger partial charge on any atom is -0.444 e. The maximum absolute atomic E-state index is 11.9. The van der Waals surface area contributed by atoms with Gasteiger partial charge in [-0.05, 0) is 27.2 Å². The first kappa shape index (κ1) is 13.1. The number of likely N-dealkylation sites (tertiary alicyclic amines) is 1. The molecule has 0 radical (unpaired) electrons. The number of carbonyl (C=O) groups excluding carboxylic acids is 2. The van der Waals surface area contributed by atoms with Gasteiger partial charge in [0.25, 0.3) is 0 Å². The number of nitrogens with one attached hydrogen (secondary N) is 1. The van der Waals surface area contributed by atoms with Crippen LogP contribution >= 0.6 is 0 Å². The number of hydrogen-bond acceptors (Lipinski definition) is 4. The predicted octanol–water partition coefficient (Wildman–Crippen LogP) is 0.511. The van der Waals surface area contributed by atoms with E-state index < -0.39 is 5.60 Å². The Morgan fingerprint density at radius 1 is 1.50 bits per heavy atom. The van der Waals surface area contributed by atoms with Crippen molar-refractivity contribution in [1.29, 1.82) is 0 Å². The first-order chi connectivity index (χ1) is 8.35. The van der Waals surface area contributed by atoms with Crippen LogP contribution in [0.2, 0.25) is 0 Å². The molecule has 6 nitrogen and oxygen atoms in total. The molecule has 2 aliphatic rings. The summed E-state index contributed by atoms with van der Waals surface area (Å²) in [4.78, 5) is 24.8. The summed E-state index contributed by atoms with van der Waals surface area (Å²) in [5.41, 5.74) is -0.500. The summed E-state index contributed by atoms with van der Waals surface area (Å²) in [5.74, 6) is -0.123. The molecule has 2 saturated heterocycles. The van der Waals surface area contributed by atoms with Crippen LogP contribution in [0.4, 0.5) is 4.79 Å². The standard InChI is InChI=1S/C12H20N2O4/c1-12(2,3)18-11(16)14-5-4-9-8(6-14)13-10(15)7-17-9/h8-9H,4-7H2,1-3H3,(H,13,15)/t8-,9+/m0/s1. The number of hydrogen-bond donors (Lipinski definition) is 1. The SMILES string of the molecule is CC(C)(C)OC(=O)N1CC[C@H]2OCC(=O)N[C@H]2C1. The molecule has 0 bridgehead atoms. The first-order valence-corrected chi connectivity index (χ1v) is 6.24. The highest BCUT2D eigenvalue weighted by molar-refractivity contribution is 5.78. The van der Waals surface area contributed by atoms with Crippen LogP contribution in [0, 0.1) is 0 Å². The van der Waals surface area contributed by atoms with Gasteiger partial charge in [0.1, 0.15) is 12.2 Å². The Kier molecular flexibility index (Phi) is 3.47. The van der Waals surface area contributed by atoms with Gasteiger partial charge >= 0.3 is 6.09 Å². The van der Waals surface area contributed by atoms with Crippen LogP contribution in [-0.4, -0.2) is 54.3 Å². The van der Waals surface area contributed by atoms with Gasteiger partial charge in [-0.25, -0.2) is 4.79 Å². The predicted molar refractivity (Wildman–Crippen MR) is 64.1 cm³/mol. The number of fused-ring (bicyclic) bond motifs is 1. The molecule has 0 saturated carbocycles. The summed E-state index contributed by atoms with van der Waals surface area (Å²) in [5, 5.41) is 2.85. The third-order valence-corrected chi connectivity index (χ3v) is 2.98. The molecular weight excluding hydrogens is 236 g/mol. The summed E-state index contributed by atoms with van der Waals surface area (Å²) in [7, 11) is 0. The number of carbonyl (C=O) groups is 2. The van der Waals surface area contributed by atoms with Crippen molar-refractivity contribution in [3.05, 3.63) is 0 Å². The topological polar surface area (TPSA) is 67.9 Å². The van der Waals surface area contributed by atoms with Gasteiger partial charge in [0.05, 0.1) is 12.1 Å². The number of rotatable bonds is 0. The molecule has 0 unspecified atom stereocenters. The lowest BCUT2D eigenvalue weighted by Gasteiger charge is -2.41. The molecule has 0 aromatic carbocycles. The Morgan fingerprint density at radius 3 is 2.89 bits per heavy atom. The molecule has 2 rings (SSSR count). The molecule has 102 valence electrons.